The summed E-state index contributed by atoms with van der Waals surface area (Å²) in [7, 11) is -4.91. The molecule has 0 spiro atoms. The summed E-state index contributed by atoms with van der Waals surface area (Å²) in [6.07, 6.45) is 17.6. The van der Waals surface area contributed by atoms with E-state index in [1.165, 1.54) is 56.9 Å². The van der Waals surface area contributed by atoms with Gasteiger partial charge in [-0.15, -0.1) is 0 Å². The summed E-state index contributed by atoms with van der Waals surface area (Å²) >= 11 is 0. The van der Waals surface area contributed by atoms with Crippen molar-refractivity contribution in [3.63, 3.8) is 0 Å². The molecule has 3 nitrogen and oxygen atoms in total. The van der Waals surface area contributed by atoms with Crippen LogP contribution in [0, 0.1) is 11.8 Å². The monoisotopic (exact) mass is 496 g/mol. The van der Waals surface area contributed by atoms with Crippen LogP contribution in [0.15, 0.2) is 18.2 Å². The summed E-state index contributed by atoms with van der Waals surface area (Å²) in [6, 6.07) is 5.93. The molecule has 0 fully saturated rings. The second-order valence-corrected chi connectivity index (χ2v) is 14.0. The molecule has 2 atom stereocenters. The van der Waals surface area contributed by atoms with Gasteiger partial charge in [0.1, 0.15) is 0 Å². The first-order valence-corrected chi connectivity index (χ1v) is 16.9. The Balaban J connectivity index is 3.25. The normalized spacial score (nSPS) is 15.1. The third-order valence-corrected chi connectivity index (χ3v) is 10.3. The Labute approximate surface area is 212 Å². The Hall–Kier alpha value is -0.470. The van der Waals surface area contributed by atoms with Crippen LogP contribution >= 0.6 is 7.28 Å². The van der Waals surface area contributed by atoms with Crippen molar-refractivity contribution in [3.05, 3.63) is 29.3 Å². The fraction of sp³-hybridized carbons (Fsp3) is 0.800. The van der Waals surface area contributed by atoms with Gasteiger partial charge in [0.2, 0.25) is 0 Å². The molecule has 0 bridgehead atoms. The number of benzene rings is 1. The molecule has 1 rings (SSSR count). The number of unbranched alkanes of at least 4 members (excludes halogenated alkanes) is 7. The second kappa shape index (κ2) is 16.3. The van der Waals surface area contributed by atoms with Gasteiger partial charge in [-0.1, -0.05) is 0 Å². The zero-order chi connectivity index (χ0) is 25.5. The molecule has 0 radical (unpaired) electrons. The van der Waals surface area contributed by atoms with E-state index in [4.69, 9.17) is 0 Å². The molecular formula is C30H57O3P. The Bertz CT molecular complexity index is 665. The first kappa shape index (κ1) is 31.6. The van der Waals surface area contributed by atoms with Crippen molar-refractivity contribution in [1.82, 2.24) is 0 Å². The van der Waals surface area contributed by atoms with Crippen molar-refractivity contribution in [2.24, 2.45) is 11.8 Å². The second-order valence-electron chi connectivity index (χ2n) is 10.8. The van der Waals surface area contributed by atoms with E-state index in [1.54, 1.807) is 0 Å². The SMILES string of the molecule is CCCCCCCCP(O)(O)(O)c1cccc(CC(CC)CCCC)c1CC(CC)CCCC. The van der Waals surface area contributed by atoms with Crippen LogP contribution in [-0.2, 0) is 12.8 Å². The molecule has 200 valence electrons. The van der Waals surface area contributed by atoms with Crippen LogP contribution in [0.5, 0.6) is 0 Å². The van der Waals surface area contributed by atoms with Crippen LogP contribution in [0.2, 0.25) is 0 Å². The summed E-state index contributed by atoms with van der Waals surface area (Å²) < 4.78 is 0. The van der Waals surface area contributed by atoms with E-state index < -0.39 is 7.28 Å². The van der Waals surface area contributed by atoms with Crippen LogP contribution in [0.1, 0.15) is 136 Å². The van der Waals surface area contributed by atoms with Gasteiger partial charge in [0, 0.05) is 0 Å². The van der Waals surface area contributed by atoms with E-state index in [0.29, 0.717) is 23.6 Å². The van der Waals surface area contributed by atoms with Crippen LogP contribution in [-0.4, -0.2) is 20.8 Å². The fourth-order valence-corrected chi connectivity index (χ4v) is 7.49. The van der Waals surface area contributed by atoms with E-state index in [-0.39, 0.29) is 6.16 Å². The van der Waals surface area contributed by atoms with Gasteiger partial charge in [0.25, 0.3) is 0 Å². The quantitative estimate of drug-likeness (QED) is 0.125. The van der Waals surface area contributed by atoms with Crippen LogP contribution in [0.4, 0.5) is 0 Å². The molecule has 1 aromatic carbocycles. The van der Waals surface area contributed by atoms with Gasteiger partial charge in [0.15, 0.2) is 0 Å². The van der Waals surface area contributed by atoms with Crippen LogP contribution in [0.3, 0.4) is 0 Å². The predicted octanol–water partition coefficient (Wildman–Crippen LogP) is 8.47. The molecule has 3 N–H and O–H groups in total. The maximum absolute atomic E-state index is 11.4. The molecule has 0 heterocycles. The van der Waals surface area contributed by atoms with E-state index in [0.717, 1.165) is 50.5 Å². The van der Waals surface area contributed by atoms with E-state index >= 15 is 0 Å². The molecule has 0 aromatic heterocycles. The van der Waals surface area contributed by atoms with E-state index in [2.05, 4.69) is 40.7 Å². The molecule has 0 aliphatic carbocycles. The molecule has 2 unspecified atom stereocenters. The molecule has 0 amide bonds. The van der Waals surface area contributed by atoms with E-state index in [9.17, 15) is 14.7 Å². The van der Waals surface area contributed by atoms with Crippen molar-refractivity contribution in [3.8, 4) is 0 Å². The van der Waals surface area contributed by atoms with Gasteiger partial charge in [-0.3, -0.25) is 0 Å². The van der Waals surface area contributed by atoms with Gasteiger partial charge < -0.3 is 0 Å². The van der Waals surface area contributed by atoms with Crippen molar-refractivity contribution in [2.75, 3.05) is 6.16 Å². The third-order valence-electron chi connectivity index (χ3n) is 7.75. The maximum atomic E-state index is 11.4. The van der Waals surface area contributed by atoms with Crippen LogP contribution < -0.4 is 5.30 Å². The third kappa shape index (κ3) is 11.1. The molecule has 0 aliphatic heterocycles. The summed E-state index contributed by atoms with van der Waals surface area (Å²) in [5, 5.41) is 0.456. The molecule has 4 heteroatoms. The standard InChI is InChI=1S/C30H57O3P/c1-6-11-14-15-16-17-23-34(31,32,33)30-22-18-21-28(24-26(9-4)19-12-7-2)29(30)25-27(10-5)20-13-8-3/h18,21-22,26-27,31-33H,6-17,19-20,23-25H2,1-5H3. The minimum atomic E-state index is -4.91. The van der Waals surface area contributed by atoms with E-state index in [1.807, 2.05) is 12.1 Å². The molecule has 34 heavy (non-hydrogen) atoms. The van der Waals surface area contributed by atoms with Gasteiger partial charge in [0.05, 0.1) is 0 Å². The van der Waals surface area contributed by atoms with Gasteiger partial charge >= 0.3 is 212 Å². The fourth-order valence-electron chi connectivity index (χ4n) is 5.27. The molecule has 1 aromatic rings. The topological polar surface area (TPSA) is 60.7 Å². The average Bonchev–Trinajstić information content (AvgIpc) is 2.81. The van der Waals surface area contributed by atoms with Crippen molar-refractivity contribution >= 4 is 12.6 Å². The molecule has 0 aliphatic rings. The van der Waals surface area contributed by atoms with Crippen molar-refractivity contribution in [2.45, 2.75) is 137 Å². The van der Waals surface area contributed by atoms with Gasteiger partial charge in [-0.2, -0.15) is 0 Å². The summed E-state index contributed by atoms with van der Waals surface area (Å²) in [6.45, 7) is 11.2. The zero-order valence-corrected chi connectivity index (χ0v) is 24.1. The van der Waals surface area contributed by atoms with Crippen molar-refractivity contribution in [1.29, 1.82) is 0 Å². The zero-order valence-electron chi connectivity index (χ0n) is 23.2. The molecule has 0 saturated carbocycles. The Morgan fingerprint density at radius 2 is 1.18 bits per heavy atom. The Kier molecular flexibility index (Phi) is 15.1. The van der Waals surface area contributed by atoms with Crippen LogP contribution in [0.25, 0.3) is 0 Å². The Morgan fingerprint density at radius 3 is 1.74 bits per heavy atom. The van der Waals surface area contributed by atoms with Gasteiger partial charge in [-0.25, -0.2) is 0 Å². The first-order valence-electron chi connectivity index (χ1n) is 14.6. The minimum absolute atomic E-state index is 0.0902. The Morgan fingerprint density at radius 1 is 0.647 bits per heavy atom. The number of hydrogen-bond donors (Lipinski definition) is 3. The molecule has 0 saturated heterocycles. The van der Waals surface area contributed by atoms with Crippen molar-refractivity contribution < 1.29 is 14.7 Å². The molecular weight excluding hydrogens is 439 g/mol. The summed E-state index contributed by atoms with van der Waals surface area (Å²) in [5.74, 6) is 1.11. The number of hydrogen-bond acceptors (Lipinski definition) is 3. The average molecular weight is 497 g/mol. The van der Waals surface area contributed by atoms with Gasteiger partial charge in [-0.05, 0) is 0 Å². The predicted molar refractivity (Wildman–Crippen MR) is 152 cm³/mol. The first-order chi connectivity index (χ1) is 16.2. The summed E-state index contributed by atoms with van der Waals surface area (Å²) in [4.78, 5) is 34.2. The number of rotatable bonds is 20. The summed E-state index contributed by atoms with van der Waals surface area (Å²) in [5.41, 5.74) is 2.26.